The van der Waals surface area contributed by atoms with Crippen LogP contribution >= 0.6 is 0 Å². The van der Waals surface area contributed by atoms with E-state index >= 15 is 0 Å². The van der Waals surface area contributed by atoms with E-state index in [0.29, 0.717) is 36.0 Å². The molecule has 6 nitrogen and oxygen atoms in total. The van der Waals surface area contributed by atoms with E-state index in [-0.39, 0.29) is 41.1 Å². The minimum Gasteiger partial charge on any atom is -0.462 e. The largest absolute Gasteiger partial charge is 0.462 e. The number of carbonyl (C=O) groups is 2. The van der Waals surface area contributed by atoms with Gasteiger partial charge in [0.05, 0.1) is 11.7 Å². The predicted octanol–water partition coefficient (Wildman–Crippen LogP) is 6.24. The molecule has 3 saturated carbocycles. The van der Waals surface area contributed by atoms with Crippen molar-refractivity contribution in [1.82, 2.24) is 0 Å². The molecule has 0 aromatic heterocycles. The van der Waals surface area contributed by atoms with Crippen LogP contribution < -0.4 is 0 Å². The van der Waals surface area contributed by atoms with Crippen molar-refractivity contribution in [3.05, 3.63) is 11.6 Å². The summed E-state index contributed by atoms with van der Waals surface area (Å²) in [7, 11) is 1.83. The molecule has 0 aliphatic heterocycles. The van der Waals surface area contributed by atoms with Crippen LogP contribution in [0, 0.1) is 40.4 Å². The molecule has 1 N–H and O–H groups in total. The Morgan fingerprint density at radius 3 is 2.39 bits per heavy atom. The summed E-state index contributed by atoms with van der Waals surface area (Å²) < 4.78 is 17.7. The zero-order valence-corrected chi connectivity index (χ0v) is 25.0. The number of ether oxygens (including phenoxy) is 3. The second-order valence-electron chi connectivity index (χ2n) is 14.1. The van der Waals surface area contributed by atoms with Crippen molar-refractivity contribution in [2.75, 3.05) is 7.11 Å². The fourth-order valence-corrected chi connectivity index (χ4v) is 9.61. The number of allylic oxidation sites excluding steroid dienone is 1. The van der Waals surface area contributed by atoms with Crippen LogP contribution in [0.3, 0.4) is 0 Å². The van der Waals surface area contributed by atoms with Gasteiger partial charge in [-0.3, -0.25) is 9.59 Å². The molecule has 4 rings (SSSR count). The molecule has 0 amide bonds. The summed E-state index contributed by atoms with van der Waals surface area (Å²) in [6.45, 7) is 13.9. The number of methoxy groups -OCH3 is 1. The number of hydrogen-bond donors (Lipinski definition) is 1. The molecule has 0 bridgehead atoms. The van der Waals surface area contributed by atoms with E-state index in [1.807, 2.05) is 21.0 Å². The van der Waals surface area contributed by atoms with Crippen molar-refractivity contribution in [1.29, 1.82) is 0 Å². The molecule has 6 heteroatoms. The Labute approximate surface area is 230 Å². The lowest BCUT2D eigenvalue weighted by molar-refractivity contribution is -0.172. The lowest BCUT2D eigenvalue weighted by Crippen LogP contribution is -2.57. The molecule has 0 aromatic rings. The van der Waals surface area contributed by atoms with Crippen LogP contribution in [-0.4, -0.2) is 48.1 Å². The number of esters is 2. The maximum atomic E-state index is 12.2. The molecule has 4 aliphatic rings. The van der Waals surface area contributed by atoms with E-state index < -0.39 is 5.60 Å². The van der Waals surface area contributed by atoms with Gasteiger partial charge in [-0.2, -0.15) is 0 Å². The standard InChI is InChI=1S/C32H52O6/c1-19(28(36-8)14-15-30(4,5)35)25-11-12-26-24-10-9-22-17-23(37-20(2)33)18-29(38-21(3)34)32(22,7)27(24)13-16-31(25,26)6/h9,19,23-29,35H,10-18H2,1-8H3/t19-,23+,24-,25+,26-,27-,28?,29-,31+,32-/m0/s1. The maximum absolute atomic E-state index is 12.2. The van der Waals surface area contributed by atoms with Gasteiger partial charge in [0.15, 0.2) is 0 Å². The van der Waals surface area contributed by atoms with Gasteiger partial charge in [0, 0.05) is 39.2 Å². The van der Waals surface area contributed by atoms with Crippen LogP contribution in [0.25, 0.3) is 0 Å². The molecule has 1 unspecified atom stereocenters. The molecular formula is C32H52O6. The van der Waals surface area contributed by atoms with Crippen molar-refractivity contribution in [2.45, 2.75) is 130 Å². The molecule has 3 fully saturated rings. The highest BCUT2D eigenvalue weighted by atomic mass is 16.6. The van der Waals surface area contributed by atoms with Gasteiger partial charge in [-0.15, -0.1) is 0 Å². The minimum absolute atomic E-state index is 0.153. The average molecular weight is 533 g/mol. The van der Waals surface area contributed by atoms with Crippen LogP contribution in [0.2, 0.25) is 0 Å². The van der Waals surface area contributed by atoms with Crippen LogP contribution in [0.1, 0.15) is 106 Å². The molecule has 4 aliphatic carbocycles. The van der Waals surface area contributed by atoms with Crippen LogP contribution in [0.4, 0.5) is 0 Å². The SMILES string of the molecule is COC(CCC(C)(C)O)[C@@H](C)[C@H]1CC[C@H]2[C@@H]3CC=C4C[C@@H](OC(C)=O)C[C@H](OC(C)=O)[C@]4(C)[C@H]3CC[C@]12C. The first-order valence-electron chi connectivity index (χ1n) is 15.0. The predicted molar refractivity (Wildman–Crippen MR) is 147 cm³/mol. The van der Waals surface area contributed by atoms with Crippen molar-refractivity contribution in [3.63, 3.8) is 0 Å². The molecule has 0 spiro atoms. The molecular weight excluding hydrogens is 480 g/mol. The third-order valence-electron chi connectivity index (χ3n) is 11.4. The Hall–Kier alpha value is -1.40. The van der Waals surface area contributed by atoms with Gasteiger partial charge < -0.3 is 19.3 Å². The average Bonchev–Trinajstić information content (AvgIpc) is 3.16. The van der Waals surface area contributed by atoms with Gasteiger partial charge in [-0.25, -0.2) is 0 Å². The molecule has 38 heavy (non-hydrogen) atoms. The first kappa shape index (κ1) is 29.6. The summed E-state index contributed by atoms with van der Waals surface area (Å²) >= 11 is 0. The smallest absolute Gasteiger partial charge is 0.302 e. The van der Waals surface area contributed by atoms with Crippen molar-refractivity contribution >= 4 is 11.9 Å². The highest BCUT2D eigenvalue weighted by molar-refractivity contribution is 5.67. The van der Waals surface area contributed by atoms with Crippen molar-refractivity contribution in [3.8, 4) is 0 Å². The number of fused-ring (bicyclic) bond motifs is 5. The second kappa shape index (κ2) is 10.9. The van der Waals surface area contributed by atoms with Crippen LogP contribution in [-0.2, 0) is 23.8 Å². The second-order valence-corrected chi connectivity index (χ2v) is 14.1. The summed E-state index contributed by atoms with van der Waals surface area (Å²) in [4.78, 5) is 23.9. The molecule has 216 valence electrons. The zero-order chi connectivity index (χ0) is 28.0. The normalized spacial score (nSPS) is 40.2. The first-order chi connectivity index (χ1) is 17.7. The minimum atomic E-state index is -0.675. The molecule has 0 radical (unpaired) electrons. The van der Waals surface area contributed by atoms with Crippen LogP contribution in [0.15, 0.2) is 11.6 Å². The third kappa shape index (κ3) is 5.46. The summed E-state index contributed by atoms with van der Waals surface area (Å²) in [5.41, 5.74) is 0.697. The quantitative estimate of drug-likeness (QED) is 0.294. The van der Waals surface area contributed by atoms with E-state index in [9.17, 15) is 14.7 Å². The van der Waals surface area contributed by atoms with Gasteiger partial charge in [0.2, 0.25) is 0 Å². The lowest BCUT2D eigenvalue weighted by Gasteiger charge is -2.60. The topological polar surface area (TPSA) is 82.1 Å². The van der Waals surface area contributed by atoms with Gasteiger partial charge in [0.1, 0.15) is 12.2 Å². The van der Waals surface area contributed by atoms with Gasteiger partial charge in [-0.05, 0) is 93.8 Å². The summed E-state index contributed by atoms with van der Waals surface area (Å²) in [6, 6.07) is 0. The highest BCUT2D eigenvalue weighted by Gasteiger charge is 2.62. The maximum Gasteiger partial charge on any atom is 0.302 e. The Morgan fingerprint density at radius 1 is 1.11 bits per heavy atom. The van der Waals surface area contributed by atoms with Crippen molar-refractivity contribution < 1.29 is 28.9 Å². The van der Waals surface area contributed by atoms with Gasteiger partial charge in [0.25, 0.3) is 0 Å². The van der Waals surface area contributed by atoms with Crippen LogP contribution in [0.5, 0.6) is 0 Å². The van der Waals surface area contributed by atoms with Gasteiger partial charge in [-0.1, -0.05) is 32.4 Å². The molecule has 0 aromatic carbocycles. The fraction of sp³-hybridized carbons (Fsp3) is 0.875. The lowest BCUT2D eigenvalue weighted by atomic mass is 9.46. The van der Waals surface area contributed by atoms with E-state index in [2.05, 4.69) is 26.8 Å². The first-order valence-corrected chi connectivity index (χ1v) is 15.0. The molecule has 0 saturated heterocycles. The highest BCUT2D eigenvalue weighted by Crippen LogP contribution is 2.67. The summed E-state index contributed by atoms with van der Waals surface area (Å²) in [5, 5.41) is 10.3. The van der Waals surface area contributed by atoms with E-state index in [4.69, 9.17) is 14.2 Å². The Kier molecular flexibility index (Phi) is 8.47. The zero-order valence-electron chi connectivity index (χ0n) is 25.0. The Bertz CT molecular complexity index is 919. The van der Waals surface area contributed by atoms with E-state index in [0.717, 1.165) is 32.1 Å². The Morgan fingerprint density at radius 2 is 1.79 bits per heavy atom. The number of aliphatic hydroxyl groups is 1. The molecule has 10 atom stereocenters. The fourth-order valence-electron chi connectivity index (χ4n) is 9.61. The number of hydrogen-bond acceptors (Lipinski definition) is 6. The number of carbonyl (C=O) groups excluding carboxylic acids is 2. The van der Waals surface area contributed by atoms with E-state index in [1.54, 1.807) is 0 Å². The third-order valence-corrected chi connectivity index (χ3v) is 11.4. The summed E-state index contributed by atoms with van der Waals surface area (Å²) in [6.07, 6.45) is 10.8. The molecule has 0 heterocycles. The monoisotopic (exact) mass is 532 g/mol. The van der Waals surface area contributed by atoms with Gasteiger partial charge >= 0.3 is 11.9 Å². The van der Waals surface area contributed by atoms with Crippen molar-refractivity contribution in [2.24, 2.45) is 40.4 Å². The number of rotatable bonds is 8. The Balaban J connectivity index is 1.57. The summed E-state index contributed by atoms with van der Waals surface area (Å²) in [5.74, 6) is 2.18. The van der Waals surface area contributed by atoms with E-state index in [1.165, 1.54) is 38.7 Å².